The molecule has 0 aliphatic carbocycles. The maximum atomic E-state index is 12.2. The van der Waals surface area contributed by atoms with Crippen molar-refractivity contribution in [2.75, 3.05) is 5.32 Å². The van der Waals surface area contributed by atoms with E-state index in [1.54, 1.807) is 24.3 Å². The van der Waals surface area contributed by atoms with Crippen molar-refractivity contribution < 1.29 is 4.79 Å². The Bertz CT molecular complexity index is 672. The smallest absolute Gasteiger partial charge is 0.255 e. The van der Waals surface area contributed by atoms with Gasteiger partial charge in [0, 0.05) is 16.3 Å². The second kappa shape index (κ2) is 6.23. The third-order valence-electron chi connectivity index (χ3n) is 2.94. The largest absolute Gasteiger partial charge is 0.322 e. The lowest BCUT2D eigenvalue weighted by Crippen LogP contribution is -2.13. The Hall–Kier alpha value is -2.31. The van der Waals surface area contributed by atoms with Crippen LogP contribution in [0, 0.1) is 18.3 Å². The van der Waals surface area contributed by atoms with Gasteiger partial charge >= 0.3 is 0 Å². The molecular formula is C16H13ClN2O. The van der Waals surface area contributed by atoms with Crippen molar-refractivity contribution in [3.63, 3.8) is 0 Å². The molecular weight excluding hydrogens is 272 g/mol. The number of halogens is 1. The Kier molecular flexibility index (Phi) is 4.39. The summed E-state index contributed by atoms with van der Waals surface area (Å²) in [7, 11) is 0. The minimum Gasteiger partial charge on any atom is -0.322 e. The second-order valence-electron chi connectivity index (χ2n) is 4.45. The van der Waals surface area contributed by atoms with Crippen molar-refractivity contribution in [1.82, 2.24) is 0 Å². The molecule has 0 spiro atoms. The van der Waals surface area contributed by atoms with E-state index in [1.807, 2.05) is 25.1 Å². The number of rotatable bonds is 3. The molecule has 0 aliphatic heterocycles. The third-order valence-corrected chi connectivity index (χ3v) is 3.17. The van der Waals surface area contributed by atoms with Crippen LogP contribution in [0.2, 0.25) is 5.02 Å². The van der Waals surface area contributed by atoms with Gasteiger partial charge in [-0.2, -0.15) is 5.26 Å². The number of hydrogen-bond donors (Lipinski definition) is 1. The van der Waals surface area contributed by atoms with E-state index in [0.717, 1.165) is 11.1 Å². The van der Waals surface area contributed by atoms with Gasteiger partial charge < -0.3 is 5.32 Å². The van der Waals surface area contributed by atoms with E-state index < -0.39 is 0 Å². The fourth-order valence-corrected chi connectivity index (χ4v) is 2.01. The van der Waals surface area contributed by atoms with Crippen LogP contribution in [0.4, 0.5) is 5.69 Å². The van der Waals surface area contributed by atoms with Gasteiger partial charge in [-0.05, 0) is 42.3 Å². The predicted molar refractivity (Wildman–Crippen MR) is 79.9 cm³/mol. The molecule has 0 radical (unpaired) electrons. The summed E-state index contributed by atoms with van der Waals surface area (Å²) in [5.41, 5.74) is 3.03. The molecule has 0 aromatic heterocycles. The highest BCUT2D eigenvalue weighted by Crippen LogP contribution is 2.17. The molecule has 100 valence electrons. The van der Waals surface area contributed by atoms with Gasteiger partial charge in [0.2, 0.25) is 0 Å². The van der Waals surface area contributed by atoms with Crippen LogP contribution in [0.3, 0.4) is 0 Å². The van der Waals surface area contributed by atoms with E-state index >= 15 is 0 Å². The van der Waals surface area contributed by atoms with E-state index in [9.17, 15) is 4.79 Å². The number of amides is 1. The zero-order valence-electron chi connectivity index (χ0n) is 11.0. The Balaban J connectivity index is 2.15. The van der Waals surface area contributed by atoms with Crippen molar-refractivity contribution in [3.05, 3.63) is 64.2 Å². The molecule has 2 aromatic carbocycles. The highest BCUT2D eigenvalue weighted by Gasteiger charge is 2.09. The number of nitriles is 1. The van der Waals surface area contributed by atoms with E-state index in [1.165, 1.54) is 0 Å². The van der Waals surface area contributed by atoms with E-state index in [0.29, 0.717) is 22.7 Å². The Morgan fingerprint density at radius 2 is 1.95 bits per heavy atom. The van der Waals surface area contributed by atoms with Crippen molar-refractivity contribution in [2.24, 2.45) is 0 Å². The minimum absolute atomic E-state index is 0.196. The minimum atomic E-state index is -0.196. The maximum absolute atomic E-state index is 12.2. The predicted octanol–water partition coefficient (Wildman–Crippen LogP) is 3.97. The molecule has 0 bridgehead atoms. The summed E-state index contributed by atoms with van der Waals surface area (Å²) in [5, 5.41) is 12.0. The lowest BCUT2D eigenvalue weighted by Gasteiger charge is -2.08. The number of nitrogens with one attached hydrogen (secondary N) is 1. The molecule has 0 saturated carbocycles. The summed E-state index contributed by atoms with van der Waals surface area (Å²) in [6.45, 7) is 1.86. The van der Waals surface area contributed by atoms with Crippen LogP contribution < -0.4 is 5.32 Å². The van der Waals surface area contributed by atoms with Gasteiger partial charge in [0.15, 0.2) is 0 Å². The number of benzene rings is 2. The average molecular weight is 285 g/mol. The SMILES string of the molecule is Cc1ccc(Cl)cc1C(=O)Nc1ccc(CC#N)cc1. The van der Waals surface area contributed by atoms with Crippen LogP contribution in [0.5, 0.6) is 0 Å². The van der Waals surface area contributed by atoms with Crippen LogP contribution >= 0.6 is 11.6 Å². The van der Waals surface area contributed by atoms with Crippen LogP contribution in [0.1, 0.15) is 21.5 Å². The van der Waals surface area contributed by atoms with Crippen LogP contribution in [0.25, 0.3) is 0 Å². The standard InChI is InChI=1S/C16H13ClN2O/c1-11-2-5-13(17)10-15(11)16(20)19-14-6-3-12(4-7-14)8-9-18/h2-7,10H,8H2,1H3,(H,19,20). The van der Waals surface area contributed by atoms with Crippen molar-refractivity contribution in [1.29, 1.82) is 5.26 Å². The number of hydrogen-bond acceptors (Lipinski definition) is 2. The molecule has 2 aromatic rings. The molecule has 0 heterocycles. The molecule has 1 amide bonds. The normalized spacial score (nSPS) is 9.85. The zero-order valence-corrected chi connectivity index (χ0v) is 11.7. The first kappa shape index (κ1) is 14.1. The summed E-state index contributed by atoms with van der Waals surface area (Å²) >= 11 is 5.91. The zero-order chi connectivity index (χ0) is 14.5. The van der Waals surface area contributed by atoms with Crippen LogP contribution in [-0.4, -0.2) is 5.91 Å². The molecule has 0 atom stereocenters. The first-order valence-electron chi connectivity index (χ1n) is 6.13. The van der Waals surface area contributed by atoms with Gasteiger partial charge in [0.1, 0.15) is 0 Å². The molecule has 20 heavy (non-hydrogen) atoms. The average Bonchev–Trinajstić information content (AvgIpc) is 2.44. The molecule has 4 heteroatoms. The lowest BCUT2D eigenvalue weighted by molar-refractivity contribution is 0.102. The monoisotopic (exact) mass is 284 g/mol. The van der Waals surface area contributed by atoms with Crippen molar-refractivity contribution in [2.45, 2.75) is 13.3 Å². The van der Waals surface area contributed by atoms with Crippen molar-refractivity contribution in [3.8, 4) is 6.07 Å². The van der Waals surface area contributed by atoms with Gasteiger partial charge in [-0.3, -0.25) is 4.79 Å². The molecule has 1 N–H and O–H groups in total. The van der Waals surface area contributed by atoms with Gasteiger partial charge in [-0.15, -0.1) is 0 Å². The molecule has 0 unspecified atom stereocenters. The first-order chi connectivity index (χ1) is 9.60. The number of aryl methyl sites for hydroxylation is 1. The first-order valence-corrected chi connectivity index (χ1v) is 6.51. The van der Waals surface area contributed by atoms with Gasteiger partial charge in [-0.1, -0.05) is 29.8 Å². The molecule has 0 saturated heterocycles. The van der Waals surface area contributed by atoms with Gasteiger partial charge in [-0.25, -0.2) is 0 Å². The second-order valence-corrected chi connectivity index (χ2v) is 4.88. The number of nitrogens with zero attached hydrogens (tertiary/aromatic N) is 1. The van der Waals surface area contributed by atoms with Gasteiger partial charge in [0.25, 0.3) is 5.91 Å². The number of anilines is 1. The summed E-state index contributed by atoms with van der Waals surface area (Å²) in [5.74, 6) is -0.196. The topological polar surface area (TPSA) is 52.9 Å². The number of carbonyl (C=O) groups excluding carboxylic acids is 1. The maximum Gasteiger partial charge on any atom is 0.255 e. The summed E-state index contributed by atoms with van der Waals surface area (Å²) < 4.78 is 0. The fourth-order valence-electron chi connectivity index (χ4n) is 1.83. The van der Waals surface area contributed by atoms with E-state index in [4.69, 9.17) is 16.9 Å². The molecule has 3 nitrogen and oxygen atoms in total. The lowest BCUT2D eigenvalue weighted by atomic mass is 10.1. The van der Waals surface area contributed by atoms with Crippen LogP contribution in [0.15, 0.2) is 42.5 Å². The highest BCUT2D eigenvalue weighted by molar-refractivity contribution is 6.31. The third kappa shape index (κ3) is 3.37. The number of carbonyl (C=O) groups is 1. The summed E-state index contributed by atoms with van der Waals surface area (Å²) in [6, 6.07) is 14.5. The summed E-state index contributed by atoms with van der Waals surface area (Å²) in [4.78, 5) is 12.2. The van der Waals surface area contributed by atoms with Crippen LogP contribution in [-0.2, 0) is 6.42 Å². The molecule has 0 aliphatic rings. The molecule has 2 rings (SSSR count). The van der Waals surface area contributed by atoms with Gasteiger partial charge in [0.05, 0.1) is 12.5 Å². The molecule has 0 fully saturated rings. The Morgan fingerprint density at radius 1 is 1.25 bits per heavy atom. The van der Waals surface area contributed by atoms with E-state index in [2.05, 4.69) is 11.4 Å². The fraction of sp³-hybridized carbons (Fsp3) is 0.125. The summed E-state index contributed by atoms with van der Waals surface area (Å²) in [6.07, 6.45) is 0.363. The van der Waals surface area contributed by atoms with Crippen molar-refractivity contribution >= 4 is 23.2 Å². The quantitative estimate of drug-likeness (QED) is 0.927. The highest BCUT2D eigenvalue weighted by atomic mass is 35.5. The van der Waals surface area contributed by atoms with E-state index in [-0.39, 0.29) is 5.91 Å². The Labute approximate surface area is 122 Å². The Morgan fingerprint density at radius 3 is 2.60 bits per heavy atom.